The second kappa shape index (κ2) is 7.17. The molecule has 9 heteroatoms. The Morgan fingerprint density at radius 1 is 1.33 bits per heavy atom. The predicted octanol–water partition coefficient (Wildman–Crippen LogP) is 0.209. The molecule has 0 aliphatic carbocycles. The Bertz CT molecular complexity index is 392. The highest BCUT2D eigenvalue weighted by Gasteiger charge is 2.25. The Hall–Kier alpha value is -1.35. The van der Waals surface area contributed by atoms with Gasteiger partial charge in [0.25, 0.3) is 0 Å². The fourth-order valence-electron chi connectivity index (χ4n) is 1.09. The molecule has 1 unspecified atom stereocenters. The quantitative estimate of drug-likeness (QED) is 0.613. The monoisotopic (exact) mass is 282 g/mol. The molecule has 0 saturated carbocycles. The van der Waals surface area contributed by atoms with Gasteiger partial charge in [-0.15, -0.1) is 0 Å². The van der Waals surface area contributed by atoms with Gasteiger partial charge in [0.1, 0.15) is 6.04 Å². The van der Waals surface area contributed by atoms with Crippen LogP contribution in [-0.4, -0.2) is 37.7 Å². The highest BCUT2D eigenvalue weighted by atomic mass is 32.2. The first-order valence-electron chi connectivity index (χ1n) is 5.41. The van der Waals surface area contributed by atoms with Gasteiger partial charge < -0.3 is 9.84 Å². The molecule has 0 fully saturated rings. The lowest BCUT2D eigenvalue weighted by Gasteiger charge is -2.15. The van der Waals surface area contributed by atoms with Gasteiger partial charge in [-0.3, -0.25) is 4.79 Å². The number of carbonyl (C=O) groups is 2. The molecule has 0 aromatic rings. The Balaban J connectivity index is 4.54. The van der Waals surface area contributed by atoms with E-state index in [0.717, 1.165) is 0 Å². The number of amides is 1. The van der Waals surface area contributed by atoms with Crippen molar-refractivity contribution in [1.82, 2.24) is 9.44 Å². The lowest BCUT2D eigenvalue weighted by molar-refractivity contribution is -0.139. The Kier molecular flexibility index (Phi) is 6.63. The van der Waals surface area contributed by atoms with Gasteiger partial charge in [-0.2, -0.15) is 13.1 Å². The fourth-order valence-corrected chi connectivity index (χ4v) is 2.01. The molecule has 0 rings (SSSR count). The lowest BCUT2D eigenvalue weighted by Crippen LogP contribution is -2.48. The van der Waals surface area contributed by atoms with E-state index < -0.39 is 34.4 Å². The molecule has 8 nitrogen and oxygen atoms in total. The summed E-state index contributed by atoms with van der Waals surface area (Å²) in [7, 11) is -4.25. The Morgan fingerprint density at radius 3 is 2.28 bits per heavy atom. The maximum absolute atomic E-state index is 11.4. The molecule has 1 atom stereocenters. The van der Waals surface area contributed by atoms with Crippen LogP contribution in [0.25, 0.3) is 0 Å². The second-order valence-corrected chi connectivity index (χ2v) is 5.30. The summed E-state index contributed by atoms with van der Waals surface area (Å²) in [5, 5.41) is 8.78. The molecule has 0 bridgehead atoms. The van der Waals surface area contributed by atoms with E-state index in [0.29, 0.717) is 6.42 Å². The van der Waals surface area contributed by atoms with Gasteiger partial charge in [0.15, 0.2) is 0 Å². The van der Waals surface area contributed by atoms with Crippen molar-refractivity contribution in [2.24, 2.45) is 0 Å². The second-order valence-electron chi connectivity index (χ2n) is 3.86. The first kappa shape index (κ1) is 16.6. The fraction of sp³-hybridized carbons (Fsp3) is 0.778. The number of hydrogen-bond acceptors (Lipinski definition) is 5. The minimum Gasteiger partial charge on any atom is -0.480 e. The van der Waals surface area contributed by atoms with Crippen molar-refractivity contribution >= 4 is 22.3 Å². The van der Waals surface area contributed by atoms with Crippen molar-refractivity contribution in [3.05, 3.63) is 0 Å². The van der Waals surface area contributed by atoms with E-state index in [1.54, 1.807) is 25.5 Å². The maximum atomic E-state index is 11.4. The summed E-state index contributed by atoms with van der Waals surface area (Å²) in [6, 6.07) is -1.28. The van der Waals surface area contributed by atoms with Gasteiger partial charge in [-0.25, -0.2) is 9.52 Å². The number of nitrogens with one attached hydrogen (secondary N) is 2. The van der Waals surface area contributed by atoms with Gasteiger partial charge in [0.2, 0.25) is 0 Å². The van der Waals surface area contributed by atoms with E-state index in [-0.39, 0.29) is 6.42 Å². The first-order valence-corrected chi connectivity index (χ1v) is 6.89. The van der Waals surface area contributed by atoms with Crippen molar-refractivity contribution in [1.29, 1.82) is 0 Å². The highest BCUT2D eigenvalue weighted by Crippen LogP contribution is 1.99. The number of carboxylic acids is 1. The molecule has 0 aromatic carbocycles. The third kappa shape index (κ3) is 7.07. The summed E-state index contributed by atoms with van der Waals surface area (Å²) in [6.45, 7) is 4.82. The van der Waals surface area contributed by atoms with E-state index in [9.17, 15) is 18.0 Å². The molecule has 106 valence electrons. The standard InChI is InChI=1S/C9H18N2O6S/c1-4-5-7(8(12)13)10-18(15,16)11-9(14)17-6(2)3/h6-7,10H,4-5H2,1-3H3,(H,11,14)(H,12,13). The van der Waals surface area contributed by atoms with Gasteiger partial charge in [0, 0.05) is 0 Å². The number of carbonyl (C=O) groups excluding carboxylic acids is 1. The van der Waals surface area contributed by atoms with E-state index in [1.165, 1.54) is 0 Å². The number of rotatable bonds is 7. The molecule has 1 amide bonds. The van der Waals surface area contributed by atoms with E-state index in [4.69, 9.17) is 5.11 Å². The number of ether oxygens (including phenoxy) is 1. The van der Waals surface area contributed by atoms with E-state index in [1.807, 2.05) is 4.72 Å². The van der Waals surface area contributed by atoms with E-state index >= 15 is 0 Å². The van der Waals surface area contributed by atoms with Crippen LogP contribution in [0.3, 0.4) is 0 Å². The largest absolute Gasteiger partial charge is 0.480 e. The van der Waals surface area contributed by atoms with Crippen LogP contribution >= 0.6 is 0 Å². The zero-order valence-corrected chi connectivity index (χ0v) is 11.3. The molecule has 18 heavy (non-hydrogen) atoms. The minimum absolute atomic E-state index is 0.121. The number of carboxylic acid groups (broad SMARTS) is 1. The molecular weight excluding hydrogens is 264 g/mol. The summed E-state index contributed by atoms with van der Waals surface area (Å²) in [4.78, 5) is 21.8. The van der Waals surface area contributed by atoms with Crippen LogP contribution in [0.5, 0.6) is 0 Å². The number of hydrogen-bond donors (Lipinski definition) is 3. The molecule has 3 N–H and O–H groups in total. The normalized spacial score (nSPS) is 13.1. The molecular formula is C9H18N2O6S. The Morgan fingerprint density at radius 2 is 1.89 bits per heavy atom. The van der Waals surface area contributed by atoms with Crippen LogP contribution in [-0.2, 0) is 19.7 Å². The molecule has 0 aliphatic heterocycles. The van der Waals surface area contributed by atoms with Crippen LogP contribution in [0.4, 0.5) is 4.79 Å². The zero-order chi connectivity index (χ0) is 14.3. The van der Waals surface area contributed by atoms with Crippen molar-refractivity contribution in [2.75, 3.05) is 0 Å². The summed E-state index contributed by atoms with van der Waals surface area (Å²) in [5.74, 6) is -1.31. The summed E-state index contributed by atoms with van der Waals surface area (Å²) in [5.41, 5.74) is 0. The molecule has 0 aromatic heterocycles. The molecule has 0 radical (unpaired) electrons. The third-order valence-corrected chi connectivity index (χ3v) is 2.76. The Labute approximate surface area is 106 Å². The molecule has 0 aliphatic rings. The van der Waals surface area contributed by atoms with Gasteiger partial charge >= 0.3 is 22.3 Å². The van der Waals surface area contributed by atoms with Gasteiger partial charge in [-0.1, -0.05) is 13.3 Å². The summed E-state index contributed by atoms with van der Waals surface area (Å²) in [6.07, 6.45) is -1.03. The minimum atomic E-state index is -4.25. The number of aliphatic carboxylic acids is 1. The predicted molar refractivity (Wildman–Crippen MR) is 63.1 cm³/mol. The topological polar surface area (TPSA) is 122 Å². The average molecular weight is 282 g/mol. The van der Waals surface area contributed by atoms with Gasteiger partial charge in [-0.05, 0) is 20.3 Å². The maximum Gasteiger partial charge on any atom is 0.422 e. The van der Waals surface area contributed by atoms with Crippen LogP contribution < -0.4 is 9.44 Å². The van der Waals surface area contributed by atoms with Gasteiger partial charge in [0.05, 0.1) is 6.10 Å². The lowest BCUT2D eigenvalue weighted by atomic mass is 10.2. The van der Waals surface area contributed by atoms with Crippen molar-refractivity contribution in [3.8, 4) is 0 Å². The first-order chi connectivity index (χ1) is 8.18. The smallest absolute Gasteiger partial charge is 0.422 e. The summed E-state index contributed by atoms with van der Waals surface area (Å²) < 4.78 is 30.8. The molecule has 0 saturated heterocycles. The SMILES string of the molecule is CCCC(NS(=O)(=O)NC(=O)OC(C)C)C(=O)O. The van der Waals surface area contributed by atoms with Crippen LogP contribution in [0.15, 0.2) is 0 Å². The zero-order valence-electron chi connectivity index (χ0n) is 10.5. The van der Waals surface area contributed by atoms with Crippen LogP contribution in [0.2, 0.25) is 0 Å². The third-order valence-electron chi connectivity index (χ3n) is 1.73. The van der Waals surface area contributed by atoms with Crippen molar-refractivity contribution in [2.45, 2.75) is 45.8 Å². The molecule has 0 heterocycles. The highest BCUT2D eigenvalue weighted by molar-refractivity contribution is 7.88. The van der Waals surface area contributed by atoms with E-state index in [2.05, 4.69) is 4.74 Å². The van der Waals surface area contributed by atoms with Crippen LogP contribution in [0, 0.1) is 0 Å². The average Bonchev–Trinajstić information content (AvgIpc) is 2.13. The summed E-state index contributed by atoms with van der Waals surface area (Å²) >= 11 is 0. The molecule has 0 spiro atoms. The van der Waals surface area contributed by atoms with Crippen molar-refractivity contribution in [3.63, 3.8) is 0 Å². The van der Waals surface area contributed by atoms with Crippen LogP contribution in [0.1, 0.15) is 33.6 Å². The van der Waals surface area contributed by atoms with Crippen molar-refractivity contribution < 1.29 is 27.9 Å².